The third-order valence-corrected chi connectivity index (χ3v) is 4.92. The molecule has 0 bridgehead atoms. The minimum atomic E-state index is -0.369. The van der Waals surface area contributed by atoms with Crippen molar-refractivity contribution < 1.29 is 14.3 Å². The zero-order chi connectivity index (χ0) is 16.8. The lowest BCUT2D eigenvalue weighted by Gasteiger charge is -2.48. The number of carbonyl (C=O) groups excluding carboxylic acids is 1. The highest BCUT2D eigenvalue weighted by atomic mass is 16.6. The number of morpholine rings is 1. The van der Waals surface area contributed by atoms with E-state index in [1.807, 2.05) is 47.4 Å². The lowest BCUT2D eigenvalue weighted by atomic mass is 9.93. The van der Waals surface area contributed by atoms with Gasteiger partial charge in [0.1, 0.15) is 5.60 Å². The molecule has 4 rings (SSSR count). The Balaban J connectivity index is 1.70. The number of nitrogens with zero attached hydrogens (tertiary/aromatic N) is 1. The van der Waals surface area contributed by atoms with Crippen molar-refractivity contribution >= 4 is 16.7 Å². The molecule has 2 fully saturated rings. The summed E-state index contributed by atoms with van der Waals surface area (Å²) in [6, 6.07) is 14.0. The second-order valence-electron chi connectivity index (χ2n) is 7.54. The van der Waals surface area contributed by atoms with Gasteiger partial charge in [-0.3, -0.25) is 4.79 Å². The largest absolute Gasteiger partial charge is 0.378 e. The van der Waals surface area contributed by atoms with Gasteiger partial charge < -0.3 is 14.4 Å². The van der Waals surface area contributed by atoms with Crippen LogP contribution in [-0.4, -0.2) is 48.3 Å². The summed E-state index contributed by atoms with van der Waals surface area (Å²) in [5, 5.41) is 2.10. The van der Waals surface area contributed by atoms with E-state index < -0.39 is 0 Å². The van der Waals surface area contributed by atoms with Gasteiger partial charge in [0, 0.05) is 25.1 Å². The first-order chi connectivity index (χ1) is 11.5. The molecule has 24 heavy (non-hydrogen) atoms. The summed E-state index contributed by atoms with van der Waals surface area (Å²) in [7, 11) is 0. The van der Waals surface area contributed by atoms with Crippen LogP contribution in [0.25, 0.3) is 10.8 Å². The highest BCUT2D eigenvalue weighted by Crippen LogP contribution is 2.35. The maximum atomic E-state index is 13.3. The van der Waals surface area contributed by atoms with Crippen molar-refractivity contribution in [1.82, 2.24) is 4.90 Å². The van der Waals surface area contributed by atoms with Gasteiger partial charge >= 0.3 is 0 Å². The van der Waals surface area contributed by atoms with Crippen LogP contribution in [-0.2, 0) is 9.47 Å². The Kier molecular flexibility index (Phi) is 3.62. The standard InChI is InChI=1S/C20H23NO3/c1-19(2)12-21(13-20(24-19)10-11-23-14-20)18(22)17-9-5-7-15-6-3-4-8-16(15)17/h3-9H,10-14H2,1-2H3/t20-/m0/s1. The fourth-order valence-electron chi connectivity index (χ4n) is 4.03. The van der Waals surface area contributed by atoms with Crippen LogP contribution in [0.15, 0.2) is 42.5 Å². The fraction of sp³-hybridized carbons (Fsp3) is 0.450. The quantitative estimate of drug-likeness (QED) is 0.808. The van der Waals surface area contributed by atoms with Crippen molar-refractivity contribution in [3.05, 3.63) is 48.0 Å². The molecular weight excluding hydrogens is 302 g/mol. The maximum absolute atomic E-state index is 13.3. The number of benzene rings is 2. The van der Waals surface area contributed by atoms with Crippen molar-refractivity contribution in [3.8, 4) is 0 Å². The Bertz CT molecular complexity index is 772. The normalized spacial score (nSPS) is 26.2. The number of amides is 1. The average molecular weight is 325 g/mol. The zero-order valence-corrected chi connectivity index (χ0v) is 14.2. The summed E-state index contributed by atoms with van der Waals surface area (Å²) in [5.41, 5.74) is 0.0358. The fourth-order valence-corrected chi connectivity index (χ4v) is 4.03. The van der Waals surface area contributed by atoms with Crippen molar-refractivity contribution in [2.75, 3.05) is 26.3 Å². The summed E-state index contributed by atoms with van der Waals surface area (Å²) in [6.45, 7) is 6.56. The number of carbonyl (C=O) groups is 1. The molecule has 1 spiro atoms. The minimum absolute atomic E-state index is 0.0782. The van der Waals surface area contributed by atoms with Gasteiger partial charge in [0.25, 0.3) is 5.91 Å². The Morgan fingerprint density at radius 1 is 1.08 bits per heavy atom. The van der Waals surface area contributed by atoms with Crippen LogP contribution in [0, 0.1) is 0 Å². The number of ether oxygens (including phenoxy) is 2. The van der Waals surface area contributed by atoms with Gasteiger partial charge in [0.05, 0.1) is 18.8 Å². The molecule has 2 aliphatic heterocycles. The van der Waals surface area contributed by atoms with Crippen LogP contribution in [0.1, 0.15) is 30.6 Å². The molecule has 2 aromatic carbocycles. The van der Waals surface area contributed by atoms with Crippen LogP contribution in [0.2, 0.25) is 0 Å². The highest BCUT2D eigenvalue weighted by molar-refractivity contribution is 6.07. The molecule has 0 aromatic heterocycles. The molecule has 2 saturated heterocycles. The van der Waals surface area contributed by atoms with Gasteiger partial charge in [-0.25, -0.2) is 0 Å². The predicted molar refractivity (Wildman–Crippen MR) is 93.2 cm³/mol. The number of fused-ring (bicyclic) bond motifs is 1. The topological polar surface area (TPSA) is 38.8 Å². The third-order valence-electron chi connectivity index (χ3n) is 4.92. The average Bonchev–Trinajstić information content (AvgIpc) is 2.99. The number of rotatable bonds is 1. The number of hydrogen-bond donors (Lipinski definition) is 0. The van der Waals surface area contributed by atoms with Crippen molar-refractivity contribution in [2.45, 2.75) is 31.5 Å². The van der Waals surface area contributed by atoms with E-state index in [1.54, 1.807) is 0 Å². The molecule has 2 heterocycles. The Labute approximate surface area is 142 Å². The molecule has 2 aliphatic rings. The molecule has 0 radical (unpaired) electrons. The molecule has 2 aromatic rings. The minimum Gasteiger partial charge on any atom is -0.378 e. The molecule has 1 atom stereocenters. The van der Waals surface area contributed by atoms with Gasteiger partial charge in [-0.2, -0.15) is 0 Å². The molecule has 0 saturated carbocycles. The van der Waals surface area contributed by atoms with Gasteiger partial charge in [-0.05, 0) is 30.7 Å². The Morgan fingerprint density at radius 2 is 1.88 bits per heavy atom. The lowest BCUT2D eigenvalue weighted by Crippen LogP contribution is -2.61. The maximum Gasteiger partial charge on any atom is 0.254 e. The van der Waals surface area contributed by atoms with Gasteiger partial charge in [0.2, 0.25) is 0 Å². The molecule has 0 N–H and O–H groups in total. The van der Waals surface area contributed by atoms with Gasteiger partial charge in [0.15, 0.2) is 0 Å². The van der Waals surface area contributed by atoms with Gasteiger partial charge in [-0.15, -0.1) is 0 Å². The van der Waals surface area contributed by atoms with Crippen LogP contribution in [0.4, 0.5) is 0 Å². The second kappa shape index (κ2) is 5.57. The Morgan fingerprint density at radius 3 is 2.67 bits per heavy atom. The summed E-state index contributed by atoms with van der Waals surface area (Å²) in [6.07, 6.45) is 0.843. The molecule has 4 nitrogen and oxygen atoms in total. The number of hydrogen-bond acceptors (Lipinski definition) is 3. The van der Waals surface area contributed by atoms with E-state index in [4.69, 9.17) is 9.47 Å². The molecule has 0 unspecified atom stereocenters. The molecule has 126 valence electrons. The molecule has 4 heteroatoms. The summed E-state index contributed by atoms with van der Waals surface area (Å²) < 4.78 is 11.9. The monoisotopic (exact) mass is 325 g/mol. The van der Waals surface area contributed by atoms with E-state index in [2.05, 4.69) is 13.8 Å². The van der Waals surface area contributed by atoms with Crippen LogP contribution in [0.5, 0.6) is 0 Å². The zero-order valence-electron chi connectivity index (χ0n) is 14.2. The summed E-state index contributed by atoms with van der Waals surface area (Å²) in [4.78, 5) is 15.2. The first-order valence-corrected chi connectivity index (χ1v) is 8.53. The third kappa shape index (κ3) is 2.70. The van der Waals surface area contributed by atoms with Crippen LogP contribution < -0.4 is 0 Å². The van der Waals surface area contributed by atoms with Crippen molar-refractivity contribution in [2.24, 2.45) is 0 Å². The van der Waals surface area contributed by atoms with E-state index in [-0.39, 0.29) is 17.1 Å². The highest BCUT2D eigenvalue weighted by Gasteiger charge is 2.48. The molecule has 1 amide bonds. The second-order valence-corrected chi connectivity index (χ2v) is 7.54. The summed E-state index contributed by atoms with van der Waals surface area (Å²) >= 11 is 0. The van der Waals surface area contributed by atoms with E-state index in [1.165, 1.54) is 0 Å². The first-order valence-electron chi connectivity index (χ1n) is 8.53. The summed E-state index contributed by atoms with van der Waals surface area (Å²) in [5.74, 6) is 0.0782. The van der Waals surface area contributed by atoms with E-state index >= 15 is 0 Å². The van der Waals surface area contributed by atoms with Crippen molar-refractivity contribution in [1.29, 1.82) is 0 Å². The van der Waals surface area contributed by atoms with Crippen LogP contribution in [0.3, 0.4) is 0 Å². The SMILES string of the molecule is CC1(C)CN(C(=O)c2cccc3ccccc23)C[C@]2(CCOC2)O1. The van der Waals surface area contributed by atoms with E-state index in [0.29, 0.717) is 26.3 Å². The molecular formula is C20H23NO3. The predicted octanol–water partition coefficient (Wildman–Crippen LogP) is 3.25. The molecule has 0 aliphatic carbocycles. The Hall–Kier alpha value is -1.91. The van der Waals surface area contributed by atoms with Crippen LogP contribution >= 0.6 is 0 Å². The van der Waals surface area contributed by atoms with Crippen molar-refractivity contribution in [3.63, 3.8) is 0 Å². The van der Waals surface area contributed by atoms with E-state index in [9.17, 15) is 4.79 Å². The lowest BCUT2D eigenvalue weighted by molar-refractivity contribution is -0.186. The first kappa shape index (κ1) is 15.6. The smallest absolute Gasteiger partial charge is 0.254 e. The van der Waals surface area contributed by atoms with E-state index in [0.717, 1.165) is 22.8 Å². The van der Waals surface area contributed by atoms with Gasteiger partial charge in [-0.1, -0.05) is 36.4 Å².